The molecule has 3 aromatic carbocycles. The highest BCUT2D eigenvalue weighted by molar-refractivity contribution is 7.92. The molecule has 164 valence electrons. The van der Waals surface area contributed by atoms with E-state index in [1.165, 1.54) is 24.3 Å². The first kappa shape index (κ1) is 23.0. The number of nitrogens with two attached hydrogens (primary N) is 1. The second-order valence-corrected chi connectivity index (χ2v) is 11.3. The van der Waals surface area contributed by atoms with E-state index in [1.807, 2.05) is 13.8 Å². The van der Waals surface area contributed by atoms with Crippen molar-refractivity contribution in [3.63, 3.8) is 0 Å². The van der Waals surface area contributed by atoms with Crippen LogP contribution in [0.1, 0.15) is 16.7 Å². The predicted octanol–water partition coefficient (Wildman–Crippen LogP) is 3.68. The van der Waals surface area contributed by atoms with Crippen molar-refractivity contribution < 1.29 is 21.0 Å². The molecule has 0 radical (unpaired) electrons. The Bertz CT molecular complexity index is 1250. The zero-order valence-corrected chi connectivity index (χ0v) is 19.0. The van der Waals surface area contributed by atoms with Gasteiger partial charge in [-0.15, -0.1) is 0 Å². The topological polar surface area (TPSA) is 104 Å². The van der Waals surface area contributed by atoms with E-state index in [9.17, 15) is 16.8 Å². The zero-order chi connectivity index (χ0) is 22.6. The largest absolute Gasteiger partial charge is 0.399 e. The second-order valence-electron chi connectivity index (χ2n) is 7.43. The lowest BCUT2D eigenvalue weighted by Gasteiger charge is -2.19. The van der Waals surface area contributed by atoms with Crippen LogP contribution in [0.25, 0.3) is 0 Å². The Balaban J connectivity index is 1.93. The lowest BCUT2D eigenvalue weighted by molar-refractivity contribution is 0.312. The van der Waals surface area contributed by atoms with Crippen molar-refractivity contribution in [2.24, 2.45) is 0 Å². The maximum absolute atomic E-state index is 13.3. The summed E-state index contributed by atoms with van der Waals surface area (Å²) in [6.45, 7) is 3.17. The summed E-state index contributed by atoms with van der Waals surface area (Å²) in [5, 5.41) is -1.14. The number of aryl methyl sites for hydroxylation is 2. The van der Waals surface area contributed by atoms with Crippen LogP contribution in [0.15, 0.2) is 82.6 Å². The van der Waals surface area contributed by atoms with Gasteiger partial charge in [0.15, 0.2) is 9.84 Å². The molecule has 0 spiro atoms. The fraction of sp³-hybridized carbons (Fsp3) is 0.217. The molecule has 2 N–H and O–H groups in total. The number of anilines is 1. The zero-order valence-electron chi connectivity index (χ0n) is 17.4. The van der Waals surface area contributed by atoms with E-state index in [0.717, 1.165) is 11.1 Å². The molecule has 0 heterocycles. The Morgan fingerprint density at radius 1 is 0.774 bits per heavy atom. The molecular weight excluding hydrogens is 434 g/mol. The van der Waals surface area contributed by atoms with Crippen LogP contribution in [0, 0.1) is 13.8 Å². The fourth-order valence-corrected chi connectivity index (χ4v) is 5.66. The van der Waals surface area contributed by atoms with Gasteiger partial charge in [-0.1, -0.05) is 53.6 Å². The van der Waals surface area contributed by atoms with Crippen molar-refractivity contribution >= 4 is 25.6 Å². The van der Waals surface area contributed by atoms with Crippen LogP contribution in [0.5, 0.6) is 0 Å². The van der Waals surface area contributed by atoms with E-state index in [1.54, 1.807) is 48.5 Å². The first-order chi connectivity index (χ1) is 14.6. The lowest BCUT2D eigenvalue weighted by atomic mass is 10.1. The highest BCUT2D eigenvalue weighted by Gasteiger charge is 2.31. The fourth-order valence-electron chi connectivity index (χ4n) is 3.08. The average Bonchev–Trinajstić information content (AvgIpc) is 2.73. The molecule has 8 heteroatoms. The van der Waals surface area contributed by atoms with Gasteiger partial charge in [0.2, 0.25) is 0 Å². The molecule has 0 bridgehead atoms. The van der Waals surface area contributed by atoms with Gasteiger partial charge in [0.25, 0.3) is 10.1 Å². The minimum atomic E-state index is -4.12. The summed E-state index contributed by atoms with van der Waals surface area (Å²) in [5.41, 5.74) is 8.87. The number of hydrogen-bond acceptors (Lipinski definition) is 6. The molecule has 3 aromatic rings. The number of para-hydroxylation sites is 1. The molecular formula is C23H25NO5S2. The number of hydrogen-bond donors (Lipinski definition) is 1. The van der Waals surface area contributed by atoms with E-state index >= 15 is 0 Å². The summed E-state index contributed by atoms with van der Waals surface area (Å²) >= 11 is 0. The minimum absolute atomic E-state index is 0.0201. The highest BCUT2D eigenvalue weighted by atomic mass is 32.2. The standard InChI is InChI=1S/C23H25NO5S2/c1-17-7-11-20(12-8-17)30(25,26)22(15-19-5-3-4-6-23(19)24)16-29-31(27,28)21-13-9-18(2)10-14-21/h3-14,22H,15-16,24H2,1-2H3/t22-/m1/s1. The molecule has 0 aliphatic carbocycles. The molecule has 0 aliphatic rings. The molecule has 0 unspecified atom stereocenters. The number of benzene rings is 3. The van der Waals surface area contributed by atoms with Crippen molar-refractivity contribution in [1.29, 1.82) is 0 Å². The van der Waals surface area contributed by atoms with Crippen LogP contribution in [-0.2, 0) is 30.6 Å². The number of rotatable bonds is 8. The predicted molar refractivity (Wildman–Crippen MR) is 121 cm³/mol. The van der Waals surface area contributed by atoms with Gasteiger partial charge in [0, 0.05) is 5.69 Å². The van der Waals surface area contributed by atoms with Gasteiger partial charge in [-0.2, -0.15) is 8.42 Å². The van der Waals surface area contributed by atoms with Gasteiger partial charge in [-0.3, -0.25) is 4.18 Å². The van der Waals surface area contributed by atoms with E-state index in [-0.39, 0.29) is 16.2 Å². The summed E-state index contributed by atoms with van der Waals surface area (Å²) in [7, 11) is -8.01. The molecule has 0 saturated carbocycles. The van der Waals surface area contributed by atoms with Crippen LogP contribution >= 0.6 is 0 Å². The Hall–Kier alpha value is -2.68. The lowest BCUT2D eigenvalue weighted by Crippen LogP contribution is -2.30. The Labute approximate surface area is 183 Å². The molecule has 1 atom stereocenters. The van der Waals surface area contributed by atoms with Crippen LogP contribution in [0.4, 0.5) is 5.69 Å². The van der Waals surface area contributed by atoms with Gasteiger partial charge in [-0.25, -0.2) is 8.42 Å². The molecule has 0 amide bonds. The van der Waals surface area contributed by atoms with Gasteiger partial charge >= 0.3 is 0 Å². The van der Waals surface area contributed by atoms with Crippen molar-refractivity contribution in [1.82, 2.24) is 0 Å². The average molecular weight is 460 g/mol. The van der Waals surface area contributed by atoms with E-state index in [0.29, 0.717) is 11.3 Å². The summed E-state index contributed by atoms with van der Waals surface area (Å²) in [6, 6.07) is 19.5. The third-order valence-corrected chi connectivity index (χ3v) is 8.42. The summed E-state index contributed by atoms with van der Waals surface area (Å²) in [5.74, 6) is 0. The first-order valence-corrected chi connectivity index (χ1v) is 12.6. The molecule has 3 rings (SSSR count). The van der Waals surface area contributed by atoms with Crippen molar-refractivity contribution in [3.05, 3.63) is 89.5 Å². The maximum Gasteiger partial charge on any atom is 0.297 e. The number of nitrogen functional groups attached to an aromatic ring is 1. The quantitative estimate of drug-likeness (QED) is 0.407. The van der Waals surface area contributed by atoms with Gasteiger partial charge in [0.05, 0.1) is 21.6 Å². The third-order valence-electron chi connectivity index (χ3n) is 5.01. The van der Waals surface area contributed by atoms with Gasteiger partial charge in [0.1, 0.15) is 0 Å². The number of sulfone groups is 1. The van der Waals surface area contributed by atoms with E-state index in [2.05, 4.69) is 0 Å². The monoisotopic (exact) mass is 459 g/mol. The molecule has 0 aromatic heterocycles. The van der Waals surface area contributed by atoms with Crippen molar-refractivity contribution in [2.75, 3.05) is 12.3 Å². The normalized spacial score (nSPS) is 13.1. The first-order valence-electron chi connectivity index (χ1n) is 9.69. The van der Waals surface area contributed by atoms with Crippen molar-refractivity contribution in [2.45, 2.75) is 35.3 Å². The van der Waals surface area contributed by atoms with Gasteiger partial charge in [-0.05, 0) is 56.2 Å². The smallest absolute Gasteiger partial charge is 0.297 e. The SMILES string of the molecule is Cc1ccc(S(=O)(=O)OC[C@@H](Cc2ccccc2N)S(=O)(=O)c2ccc(C)cc2)cc1. The van der Waals surface area contributed by atoms with E-state index in [4.69, 9.17) is 9.92 Å². The van der Waals surface area contributed by atoms with Crippen LogP contribution in [0.3, 0.4) is 0 Å². The molecule has 0 fully saturated rings. The highest BCUT2D eigenvalue weighted by Crippen LogP contribution is 2.24. The van der Waals surface area contributed by atoms with Gasteiger partial charge < -0.3 is 5.73 Å². The molecule has 0 aliphatic heterocycles. The third kappa shape index (κ3) is 5.52. The minimum Gasteiger partial charge on any atom is -0.399 e. The van der Waals surface area contributed by atoms with Crippen LogP contribution < -0.4 is 5.73 Å². The van der Waals surface area contributed by atoms with Crippen molar-refractivity contribution in [3.8, 4) is 0 Å². The molecule has 6 nitrogen and oxygen atoms in total. The molecule has 31 heavy (non-hydrogen) atoms. The van der Waals surface area contributed by atoms with Crippen LogP contribution in [-0.4, -0.2) is 28.7 Å². The summed E-state index contributed by atoms with van der Waals surface area (Å²) < 4.78 is 57.2. The van der Waals surface area contributed by atoms with E-state index < -0.39 is 31.8 Å². The Morgan fingerprint density at radius 3 is 1.84 bits per heavy atom. The Kier molecular flexibility index (Phi) is 6.83. The van der Waals surface area contributed by atoms with Crippen LogP contribution in [0.2, 0.25) is 0 Å². The summed E-state index contributed by atoms with van der Waals surface area (Å²) in [6.07, 6.45) is 0.0201. The molecule has 0 saturated heterocycles. The second kappa shape index (κ2) is 9.21. The summed E-state index contributed by atoms with van der Waals surface area (Å²) in [4.78, 5) is 0.0812. The maximum atomic E-state index is 13.3. The Morgan fingerprint density at radius 2 is 1.29 bits per heavy atom.